The number of carbonyl (C=O) groups excluding carboxylic acids is 1. The molecule has 4 nitrogen and oxygen atoms in total. The molecule has 0 saturated carbocycles. The first-order valence-electron chi connectivity index (χ1n) is 9.47. The number of amides is 2. The Hall–Kier alpha value is -1.71. The number of benzene rings is 1. The molecule has 2 amide bonds. The van der Waals surface area contributed by atoms with Crippen LogP contribution >= 0.6 is 0 Å². The average molecular weight is 332 g/mol. The Labute approximate surface area is 147 Å². The van der Waals surface area contributed by atoms with Crippen molar-refractivity contribution >= 4 is 11.7 Å². The van der Waals surface area contributed by atoms with E-state index >= 15 is 0 Å². The monoisotopic (exact) mass is 331 g/mol. The predicted molar refractivity (Wildman–Crippen MR) is 102 cm³/mol. The van der Waals surface area contributed by atoms with Crippen LogP contribution in [-0.4, -0.2) is 43.2 Å². The maximum absolute atomic E-state index is 12.4. The Morgan fingerprint density at radius 1 is 1.12 bits per heavy atom. The van der Waals surface area contributed by atoms with Gasteiger partial charge >= 0.3 is 6.03 Å². The summed E-state index contributed by atoms with van der Waals surface area (Å²) < 4.78 is 0. The number of nitrogens with zero attached hydrogens (tertiary/aromatic N) is 2. The van der Waals surface area contributed by atoms with Crippen molar-refractivity contribution in [3.63, 3.8) is 0 Å². The fraction of sp³-hybridized carbons (Fsp3) is 0.650. The molecule has 1 aliphatic heterocycles. The molecule has 1 heterocycles. The van der Waals surface area contributed by atoms with Crippen LogP contribution in [0, 0.1) is 6.92 Å². The lowest BCUT2D eigenvalue weighted by molar-refractivity contribution is 0.190. The van der Waals surface area contributed by atoms with Crippen LogP contribution < -0.4 is 10.2 Å². The maximum atomic E-state index is 12.4. The van der Waals surface area contributed by atoms with Crippen LogP contribution in [0.1, 0.15) is 51.5 Å². The Bertz CT molecular complexity index is 509. The predicted octanol–water partition coefficient (Wildman–Crippen LogP) is 4.19. The van der Waals surface area contributed by atoms with Gasteiger partial charge in [-0.2, -0.15) is 0 Å². The highest BCUT2D eigenvalue weighted by Crippen LogP contribution is 2.20. The lowest BCUT2D eigenvalue weighted by Crippen LogP contribution is -2.53. The molecule has 1 aromatic rings. The van der Waals surface area contributed by atoms with Gasteiger partial charge in [-0.1, -0.05) is 50.8 Å². The number of piperazine rings is 1. The van der Waals surface area contributed by atoms with Crippen LogP contribution in [0.2, 0.25) is 0 Å². The second kappa shape index (κ2) is 9.55. The molecule has 2 rings (SSSR count). The van der Waals surface area contributed by atoms with E-state index in [1.807, 2.05) is 4.90 Å². The van der Waals surface area contributed by atoms with Crippen molar-refractivity contribution in [2.24, 2.45) is 0 Å². The van der Waals surface area contributed by atoms with Gasteiger partial charge in [-0.25, -0.2) is 4.79 Å². The van der Waals surface area contributed by atoms with Gasteiger partial charge in [0.1, 0.15) is 0 Å². The number of aryl methyl sites for hydroxylation is 1. The quantitative estimate of drug-likeness (QED) is 0.761. The van der Waals surface area contributed by atoms with Gasteiger partial charge in [0.05, 0.1) is 0 Å². The summed E-state index contributed by atoms with van der Waals surface area (Å²) in [6.07, 6.45) is 6.10. The van der Waals surface area contributed by atoms with Crippen LogP contribution in [-0.2, 0) is 0 Å². The van der Waals surface area contributed by atoms with E-state index in [0.29, 0.717) is 0 Å². The largest absolute Gasteiger partial charge is 0.368 e. The summed E-state index contributed by atoms with van der Waals surface area (Å²) in [6.45, 7) is 9.89. The Balaban J connectivity index is 1.73. The topological polar surface area (TPSA) is 35.6 Å². The number of unbranched alkanes of at least 4 members (excludes halogenated alkanes) is 3. The van der Waals surface area contributed by atoms with E-state index in [4.69, 9.17) is 0 Å². The van der Waals surface area contributed by atoms with E-state index in [0.717, 1.165) is 32.6 Å². The maximum Gasteiger partial charge on any atom is 0.317 e. The van der Waals surface area contributed by atoms with Gasteiger partial charge < -0.3 is 15.1 Å². The number of anilines is 1. The molecule has 1 aliphatic rings. The number of para-hydroxylation sites is 1. The molecule has 0 radical (unpaired) electrons. The van der Waals surface area contributed by atoms with Gasteiger partial charge in [-0.05, 0) is 31.9 Å². The van der Waals surface area contributed by atoms with E-state index < -0.39 is 0 Å². The van der Waals surface area contributed by atoms with Crippen molar-refractivity contribution in [2.45, 2.75) is 58.9 Å². The van der Waals surface area contributed by atoms with Gasteiger partial charge in [0, 0.05) is 37.9 Å². The SMILES string of the molecule is CCCCCC[C@@H](C)NC(=O)N1CCN(c2ccccc2C)CC1. The second-order valence-electron chi connectivity index (χ2n) is 6.96. The van der Waals surface area contributed by atoms with Gasteiger partial charge in [-0.3, -0.25) is 0 Å². The number of hydrogen-bond donors (Lipinski definition) is 1. The molecule has 24 heavy (non-hydrogen) atoms. The van der Waals surface area contributed by atoms with Crippen molar-refractivity contribution in [1.82, 2.24) is 10.2 Å². The zero-order chi connectivity index (χ0) is 17.4. The number of hydrogen-bond acceptors (Lipinski definition) is 2. The summed E-state index contributed by atoms with van der Waals surface area (Å²) in [5.41, 5.74) is 2.60. The molecule has 1 fully saturated rings. The number of carbonyl (C=O) groups is 1. The minimum absolute atomic E-state index is 0.0995. The van der Waals surface area contributed by atoms with Crippen LogP contribution in [0.5, 0.6) is 0 Å². The molecular formula is C20H33N3O. The first-order chi connectivity index (χ1) is 11.6. The highest BCUT2D eigenvalue weighted by Gasteiger charge is 2.22. The third kappa shape index (κ3) is 5.43. The van der Waals surface area contributed by atoms with Gasteiger partial charge in [-0.15, -0.1) is 0 Å². The fourth-order valence-corrected chi connectivity index (χ4v) is 3.32. The molecule has 0 aliphatic carbocycles. The van der Waals surface area contributed by atoms with E-state index in [1.54, 1.807) is 0 Å². The minimum atomic E-state index is 0.0995. The highest BCUT2D eigenvalue weighted by molar-refractivity contribution is 5.75. The molecule has 1 N–H and O–H groups in total. The lowest BCUT2D eigenvalue weighted by Gasteiger charge is -2.37. The van der Waals surface area contributed by atoms with Crippen molar-refractivity contribution in [1.29, 1.82) is 0 Å². The zero-order valence-electron chi connectivity index (χ0n) is 15.6. The van der Waals surface area contributed by atoms with Gasteiger partial charge in [0.15, 0.2) is 0 Å². The molecule has 0 aromatic heterocycles. The summed E-state index contributed by atoms with van der Waals surface area (Å²) in [6, 6.07) is 8.84. The summed E-state index contributed by atoms with van der Waals surface area (Å²) >= 11 is 0. The molecule has 1 aromatic carbocycles. The van der Waals surface area contributed by atoms with E-state index in [9.17, 15) is 4.79 Å². The fourth-order valence-electron chi connectivity index (χ4n) is 3.32. The standard InChI is InChI=1S/C20H33N3O/c1-4-5-6-7-11-18(3)21-20(24)23-15-13-22(14-16-23)19-12-9-8-10-17(19)2/h8-10,12,18H,4-7,11,13-16H2,1-3H3,(H,21,24)/t18-/m1/s1. The minimum Gasteiger partial charge on any atom is -0.368 e. The van der Waals surface area contributed by atoms with E-state index in [2.05, 4.69) is 55.3 Å². The molecule has 0 spiro atoms. The van der Waals surface area contributed by atoms with Crippen LogP contribution in [0.3, 0.4) is 0 Å². The van der Waals surface area contributed by atoms with E-state index in [1.165, 1.54) is 36.9 Å². The number of rotatable bonds is 7. The Morgan fingerprint density at radius 2 is 1.83 bits per heavy atom. The van der Waals surface area contributed by atoms with Gasteiger partial charge in [0.25, 0.3) is 0 Å². The molecule has 1 atom stereocenters. The summed E-state index contributed by atoms with van der Waals surface area (Å²) in [5.74, 6) is 0. The van der Waals surface area contributed by atoms with Crippen LogP contribution in [0.15, 0.2) is 24.3 Å². The average Bonchev–Trinajstić information content (AvgIpc) is 2.59. The number of nitrogens with one attached hydrogen (secondary N) is 1. The zero-order valence-corrected chi connectivity index (χ0v) is 15.6. The summed E-state index contributed by atoms with van der Waals surface area (Å²) in [5, 5.41) is 3.16. The van der Waals surface area contributed by atoms with Crippen LogP contribution in [0.4, 0.5) is 10.5 Å². The molecule has 1 saturated heterocycles. The van der Waals surface area contributed by atoms with Crippen molar-refractivity contribution in [3.8, 4) is 0 Å². The first kappa shape index (κ1) is 18.6. The third-order valence-corrected chi connectivity index (χ3v) is 4.88. The Morgan fingerprint density at radius 3 is 2.50 bits per heavy atom. The molecule has 0 unspecified atom stereocenters. The molecule has 134 valence electrons. The van der Waals surface area contributed by atoms with E-state index in [-0.39, 0.29) is 12.1 Å². The number of urea groups is 1. The normalized spacial score (nSPS) is 16.1. The second-order valence-corrected chi connectivity index (χ2v) is 6.96. The van der Waals surface area contributed by atoms with Crippen molar-refractivity contribution < 1.29 is 4.79 Å². The Kier molecular flexibility index (Phi) is 7.41. The molecular weight excluding hydrogens is 298 g/mol. The summed E-state index contributed by atoms with van der Waals surface area (Å²) in [7, 11) is 0. The van der Waals surface area contributed by atoms with Crippen LogP contribution in [0.25, 0.3) is 0 Å². The highest BCUT2D eigenvalue weighted by atomic mass is 16.2. The van der Waals surface area contributed by atoms with Crippen molar-refractivity contribution in [3.05, 3.63) is 29.8 Å². The summed E-state index contributed by atoms with van der Waals surface area (Å²) in [4.78, 5) is 16.7. The smallest absolute Gasteiger partial charge is 0.317 e. The molecule has 4 heteroatoms. The molecule has 0 bridgehead atoms. The first-order valence-corrected chi connectivity index (χ1v) is 9.47. The third-order valence-electron chi connectivity index (χ3n) is 4.88. The van der Waals surface area contributed by atoms with Gasteiger partial charge in [0.2, 0.25) is 0 Å². The lowest BCUT2D eigenvalue weighted by atomic mass is 10.1. The van der Waals surface area contributed by atoms with Crippen molar-refractivity contribution in [2.75, 3.05) is 31.1 Å².